The topological polar surface area (TPSA) is 117 Å². The van der Waals surface area contributed by atoms with Gasteiger partial charge in [0.05, 0.1) is 18.1 Å². The van der Waals surface area contributed by atoms with E-state index in [1.807, 2.05) is 0 Å². The van der Waals surface area contributed by atoms with Gasteiger partial charge in [-0.3, -0.25) is 0 Å². The summed E-state index contributed by atoms with van der Waals surface area (Å²) in [5, 5.41) is 5.85. The van der Waals surface area contributed by atoms with Gasteiger partial charge in [0.2, 0.25) is 16.0 Å². The Morgan fingerprint density at radius 3 is 2.53 bits per heavy atom. The fourth-order valence-corrected chi connectivity index (χ4v) is 5.27. The van der Waals surface area contributed by atoms with Crippen LogP contribution in [-0.2, 0) is 21.3 Å². The molecular formula is C21H28N6O4S. The van der Waals surface area contributed by atoms with Crippen molar-refractivity contribution >= 4 is 22.0 Å². The van der Waals surface area contributed by atoms with E-state index in [1.165, 1.54) is 4.31 Å². The molecule has 1 unspecified atom stereocenters. The Bertz CT molecular complexity index is 997. The minimum Gasteiger partial charge on any atom is -0.379 e. The van der Waals surface area contributed by atoms with Gasteiger partial charge in [0, 0.05) is 51.2 Å². The van der Waals surface area contributed by atoms with E-state index in [2.05, 4.69) is 25.5 Å². The first-order chi connectivity index (χ1) is 15.5. The number of hydrogen-bond donors (Lipinski definition) is 2. The van der Waals surface area contributed by atoms with Crippen LogP contribution < -0.4 is 15.5 Å². The Morgan fingerprint density at radius 1 is 1.09 bits per heavy atom. The highest BCUT2D eigenvalue weighted by atomic mass is 32.2. The number of morpholine rings is 1. The number of hydrogen-bond acceptors (Lipinski definition) is 7. The third-order valence-electron chi connectivity index (χ3n) is 5.58. The second-order valence-corrected chi connectivity index (χ2v) is 9.76. The van der Waals surface area contributed by atoms with Crippen LogP contribution in [0.1, 0.15) is 18.4 Å². The average Bonchev–Trinajstić information content (AvgIpc) is 2.84. The van der Waals surface area contributed by atoms with Crippen molar-refractivity contribution in [1.29, 1.82) is 0 Å². The molecule has 0 aliphatic carbocycles. The van der Waals surface area contributed by atoms with Gasteiger partial charge in [0.15, 0.2) is 0 Å². The molecule has 2 saturated heterocycles. The van der Waals surface area contributed by atoms with Gasteiger partial charge in [-0.1, -0.05) is 12.1 Å². The molecule has 1 aromatic carbocycles. The van der Waals surface area contributed by atoms with Crippen molar-refractivity contribution in [3.63, 3.8) is 0 Å². The first kappa shape index (κ1) is 22.4. The van der Waals surface area contributed by atoms with E-state index in [1.54, 1.807) is 42.7 Å². The fraction of sp³-hybridized carbons (Fsp3) is 0.476. The lowest BCUT2D eigenvalue weighted by Crippen LogP contribution is -2.50. The number of urea groups is 1. The summed E-state index contributed by atoms with van der Waals surface area (Å²) in [7, 11) is -3.52. The first-order valence-electron chi connectivity index (χ1n) is 10.8. The van der Waals surface area contributed by atoms with Crippen LogP contribution in [0, 0.1) is 0 Å². The molecule has 0 radical (unpaired) electrons. The maximum Gasteiger partial charge on any atom is 0.315 e. The van der Waals surface area contributed by atoms with Crippen molar-refractivity contribution < 1.29 is 17.9 Å². The number of carbonyl (C=O) groups excluding carboxylic acids is 1. The lowest BCUT2D eigenvalue weighted by atomic mass is 10.1. The van der Waals surface area contributed by atoms with Crippen molar-refractivity contribution in [2.75, 3.05) is 44.3 Å². The normalized spacial score (nSPS) is 20.0. The van der Waals surface area contributed by atoms with Crippen LogP contribution in [0.2, 0.25) is 0 Å². The molecule has 0 bridgehead atoms. The lowest BCUT2D eigenvalue weighted by molar-refractivity contribution is 0.0730. The van der Waals surface area contributed by atoms with Gasteiger partial charge in [0.1, 0.15) is 0 Å². The van der Waals surface area contributed by atoms with Crippen LogP contribution in [-0.4, -0.2) is 74.2 Å². The smallest absolute Gasteiger partial charge is 0.315 e. The van der Waals surface area contributed by atoms with Gasteiger partial charge in [-0.2, -0.15) is 4.31 Å². The van der Waals surface area contributed by atoms with Crippen molar-refractivity contribution in [2.24, 2.45) is 0 Å². The Balaban J connectivity index is 1.27. The van der Waals surface area contributed by atoms with E-state index in [4.69, 9.17) is 4.74 Å². The van der Waals surface area contributed by atoms with E-state index >= 15 is 0 Å². The van der Waals surface area contributed by atoms with Crippen LogP contribution in [0.25, 0.3) is 0 Å². The zero-order valence-corrected chi connectivity index (χ0v) is 18.6. The number of benzene rings is 1. The molecule has 2 amide bonds. The van der Waals surface area contributed by atoms with Crippen molar-refractivity contribution in [1.82, 2.24) is 24.9 Å². The second kappa shape index (κ2) is 10.2. The number of ether oxygens (including phenoxy) is 1. The third-order valence-corrected chi connectivity index (χ3v) is 7.49. The summed E-state index contributed by atoms with van der Waals surface area (Å²) in [4.78, 5) is 23.3. The number of nitrogens with zero attached hydrogens (tertiary/aromatic N) is 4. The zero-order valence-electron chi connectivity index (χ0n) is 17.8. The van der Waals surface area contributed by atoms with Crippen LogP contribution in [0.15, 0.2) is 47.6 Å². The quantitative estimate of drug-likeness (QED) is 0.660. The number of sulfonamides is 1. The van der Waals surface area contributed by atoms with E-state index in [0.717, 1.165) is 24.9 Å². The predicted octanol–water partition coefficient (Wildman–Crippen LogP) is 0.966. The Morgan fingerprint density at radius 2 is 1.81 bits per heavy atom. The van der Waals surface area contributed by atoms with Gasteiger partial charge in [-0.05, 0) is 36.6 Å². The van der Waals surface area contributed by atoms with Crippen LogP contribution >= 0.6 is 0 Å². The molecule has 2 N–H and O–H groups in total. The molecule has 10 nitrogen and oxygen atoms in total. The predicted molar refractivity (Wildman–Crippen MR) is 119 cm³/mol. The lowest BCUT2D eigenvalue weighted by Gasteiger charge is -2.33. The first-order valence-corrected chi connectivity index (χ1v) is 12.2. The van der Waals surface area contributed by atoms with Crippen LogP contribution in [0.5, 0.6) is 0 Å². The summed E-state index contributed by atoms with van der Waals surface area (Å²) < 4.78 is 32.0. The number of piperidine rings is 1. The molecule has 1 atom stereocenters. The molecule has 2 aliphatic heterocycles. The van der Waals surface area contributed by atoms with E-state index in [0.29, 0.717) is 45.3 Å². The van der Waals surface area contributed by atoms with Crippen LogP contribution in [0.4, 0.5) is 10.7 Å². The minimum atomic E-state index is -3.52. The maximum atomic E-state index is 12.7. The highest BCUT2D eigenvalue weighted by Crippen LogP contribution is 2.18. The molecule has 4 rings (SSSR count). The molecule has 0 spiro atoms. The third kappa shape index (κ3) is 5.53. The van der Waals surface area contributed by atoms with E-state index in [-0.39, 0.29) is 17.0 Å². The number of anilines is 1. The summed E-state index contributed by atoms with van der Waals surface area (Å²) >= 11 is 0. The Labute approximate surface area is 188 Å². The van der Waals surface area contributed by atoms with Gasteiger partial charge < -0.3 is 20.3 Å². The number of nitrogens with one attached hydrogen (secondary N) is 2. The molecule has 172 valence electrons. The number of carbonyl (C=O) groups is 1. The SMILES string of the molecule is O=C(NCc1ccc(S(=O)(=O)N2CCOCC2)cc1)NC1CCCN(c2ncccn2)C1. The van der Waals surface area contributed by atoms with Gasteiger partial charge in [-0.15, -0.1) is 0 Å². The van der Waals surface area contributed by atoms with Gasteiger partial charge in [0.25, 0.3) is 0 Å². The molecule has 3 heterocycles. The standard InChI is InChI=1S/C21H28N6O4S/c28-21(25-18-3-1-10-26(16-18)20-22-8-2-9-23-20)24-15-17-4-6-19(7-5-17)32(29,30)27-11-13-31-14-12-27/h2,4-9,18H,1,3,10-16H2,(H2,24,25,28). The minimum absolute atomic E-state index is 0.00796. The Hall–Kier alpha value is -2.76. The largest absolute Gasteiger partial charge is 0.379 e. The van der Waals surface area contributed by atoms with E-state index < -0.39 is 10.0 Å². The summed E-state index contributed by atoms with van der Waals surface area (Å²) in [5.41, 5.74) is 0.823. The summed E-state index contributed by atoms with van der Waals surface area (Å²) in [6.45, 7) is 3.37. The Kier molecular flexibility index (Phi) is 7.18. The molecule has 2 fully saturated rings. The average molecular weight is 461 g/mol. The molecule has 32 heavy (non-hydrogen) atoms. The summed E-state index contributed by atoms with van der Waals surface area (Å²) in [5.74, 6) is 0.673. The van der Waals surface area contributed by atoms with Gasteiger partial charge >= 0.3 is 6.03 Å². The molecule has 11 heteroatoms. The highest BCUT2D eigenvalue weighted by molar-refractivity contribution is 7.89. The van der Waals surface area contributed by atoms with Crippen molar-refractivity contribution in [2.45, 2.75) is 30.3 Å². The molecule has 2 aromatic rings. The van der Waals surface area contributed by atoms with Crippen molar-refractivity contribution in [3.05, 3.63) is 48.3 Å². The monoisotopic (exact) mass is 460 g/mol. The maximum absolute atomic E-state index is 12.7. The molecule has 0 saturated carbocycles. The summed E-state index contributed by atoms with van der Waals surface area (Å²) in [6, 6.07) is 8.15. The fourth-order valence-electron chi connectivity index (χ4n) is 3.87. The molecule has 2 aliphatic rings. The van der Waals surface area contributed by atoms with Gasteiger partial charge in [-0.25, -0.2) is 23.2 Å². The number of amides is 2. The number of aromatic nitrogens is 2. The van der Waals surface area contributed by atoms with E-state index in [9.17, 15) is 13.2 Å². The van der Waals surface area contributed by atoms with Crippen LogP contribution in [0.3, 0.4) is 0 Å². The van der Waals surface area contributed by atoms with Crippen molar-refractivity contribution in [3.8, 4) is 0 Å². The zero-order chi connectivity index (χ0) is 22.4. The summed E-state index contributed by atoms with van der Waals surface area (Å²) in [6.07, 6.45) is 5.26. The molecule has 1 aromatic heterocycles. The molecular weight excluding hydrogens is 432 g/mol. The number of rotatable bonds is 6. The highest BCUT2D eigenvalue weighted by Gasteiger charge is 2.26. The second-order valence-electron chi connectivity index (χ2n) is 7.82.